The molecule has 0 bridgehead atoms. The van der Waals surface area contributed by atoms with Crippen LogP contribution in [0.25, 0.3) is 0 Å². The number of hydrogen-bond acceptors (Lipinski definition) is 3. The maximum atomic E-state index is 11.5. The number of sulfone groups is 1. The first-order valence-corrected chi connectivity index (χ1v) is 8.87. The van der Waals surface area contributed by atoms with Crippen LogP contribution >= 0.6 is 23.2 Å². The molecular formula is C12H20Cl2N2O2S. The van der Waals surface area contributed by atoms with Gasteiger partial charge in [0.2, 0.25) is 0 Å². The molecule has 7 heteroatoms. The number of halogens is 2. The lowest BCUT2D eigenvalue weighted by atomic mass is 9.90. The molecule has 0 aliphatic rings. The molecule has 0 saturated carbocycles. The van der Waals surface area contributed by atoms with Gasteiger partial charge in [-0.3, -0.25) is 4.68 Å². The van der Waals surface area contributed by atoms with Crippen molar-refractivity contribution in [1.29, 1.82) is 0 Å². The Morgan fingerprint density at radius 1 is 1.32 bits per heavy atom. The molecule has 1 rings (SSSR count). The second-order valence-corrected chi connectivity index (χ2v) is 8.56. The van der Waals surface area contributed by atoms with E-state index in [9.17, 15) is 8.42 Å². The van der Waals surface area contributed by atoms with E-state index >= 15 is 0 Å². The maximum absolute atomic E-state index is 11.5. The van der Waals surface area contributed by atoms with Gasteiger partial charge in [0, 0.05) is 16.7 Å². The van der Waals surface area contributed by atoms with Crippen molar-refractivity contribution < 1.29 is 8.42 Å². The van der Waals surface area contributed by atoms with Crippen molar-refractivity contribution in [2.45, 2.75) is 45.5 Å². The minimum atomic E-state index is -3.03. The molecule has 4 nitrogen and oxygen atoms in total. The van der Waals surface area contributed by atoms with Crippen LogP contribution in [0.15, 0.2) is 0 Å². The van der Waals surface area contributed by atoms with E-state index in [-0.39, 0.29) is 29.3 Å². The molecule has 1 aromatic rings. The normalized spacial score (nSPS) is 12.9. The van der Waals surface area contributed by atoms with Gasteiger partial charge in [0.05, 0.1) is 23.9 Å². The van der Waals surface area contributed by atoms with Gasteiger partial charge < -0.3 is 0 Å². The summed E-state index contributed by atoms with van der Waals surface area (Å²) < 4.78 is 24.6. The minimum absolute atomic E-state index is 0.0379. The van der Waals surface area contributed by atoms with E-state index in [1.54, 1.807) is 6.92 Å². The zero-order valence-electron chi connectivity index (χ0n) is 11.7. The molecule has 0 saturated heterocycles. The number of aryl methyl sites for hydroxylation is 1. The van der Waals surface area contributed by atoms with E-state index < -0.39 is 9.84 Å². The van der Waals surface area contributed by atoms with Crippen molar-refractivity contribution in [1.82, 2.24) is 9.78 Å². The number of nitrogens with zero attached hydrogens (tertiary/aromatic N) is 2. The van der Waals surface area contributed by atoms with Crippen LogP contribution in [0.5, 0.6) is 0 Å². The summed E-state index contributed by atoms with van der Waals surface area (Å²) in [5.74, 6) is 0.433. The van der Waals surface area contributed by atoms with E-state index in [2.05, 4.69) is 5.10 Å². The van der Waals surface area contributed by atoms with Gasteiger partial charge in [-0.2, -0.15) is 5.10 Å². The molecule has 0 N–H and O–H groups in total. The molecule has 19 heavy (non-hydrogen) atoms. The Balaban J connectivity index is 3.08. The highest BCUT2D eigenvalue weighted by Crippen LogP contribution is 2.31. The van der Waals surface area contributed by atoms with Crippen LogP contribution < -0.4 is 0 Å². The Bertz CT molecular complexity index is 545. The standard InChI is InChI=1S/C12H20Cl2N2O2S/c1-5-19(17,18)7-6-16-11(14)9(8-13)10(15-16)12(2,3)4/h5-8H2,1-4H3. The van der Waals surface area contributed by atoms with Gasteiger partial charge in [-0.25, -0.2) is 8.42 Å². The van der Waals surface area contributed by atoms with Gasteiger partial charge in [-0.15, -0.1) is 11.6 Å². The number of hydrogen-bond donors (Lipinski definition) is 0. The monoisotopic (exact) mass is 326 g/mol. The summed E-state index contributed by atoms with van der Waals surface area (Å²) in [4.78, 5) is 0. The molecule has 0 amide bonds. The summed E-state index contributed by atoms with van der Waals surface area (Å²) in [5, 5.41) is 4.86. The van der Waals surface area contributed by atoms with E-state index in [1.807, 2.05) is 20.8 Å². The van der Waals surface area contributed by atoms with E-state index in [1.165, 1.54) is 4.68 Å². The molecule has 0 aliphatic heterocycles. The second-order valence-electron chi connectivity index (χ2n) is 5.46. The molecule has 0 aromatic carbocycles. The zero-order valence-corrected chi connectivity index (χ0v) is 14.0. The SMILES string of the molecule is CCS(=O)(=O)CCn1nc(C(C)(C)C)c(CCl)c1Cl. The Morgan fingerprint density at radius 3 is 2.26 bits per heavy atom. The van der Waals surface area contributed by atoms with Gasteiger partial charge >= 0.3 is 0 Å². The molecule has 0 spiro atoms. The summed E-state index contributed by atoms with van der Waals surface area (Å²) in [6.07, 6.45) is 0. The summed E-state index contributed by atoms with van der Waals surface area (Å²) in [5.41, 5.74) is 1.43. The lowest BCUT2D eigenvalue weighted by Gasteiger charge is -2.16. The number of alkyl halides is 1. The molecule has 0 aliphatic carbocycles. The van der Waals surface area contributed by atoms with E-state index in [0.29, 0.717) is 5.15 Å². The molecule has 1 aromatic heterocycles. The molecule has 0 unspecified atom stereocenters. The molecular weight excluding hydrogens is 307 g/mol. The Labute approximate surface area is 125 Å². The highest BCUT2D eigenvalue weighted by atomic mass is 35.5. The van der Waals surface area contributed by atoms with Gasteiger partial charge in [0.15, 0.2) is 9.84 Å². The van der Waals surface area contributed by atoms with Crippen LogP contribution in [0.2, 0.25) is 5.15 Å². The minimum Gasteiger partial charge on any atom is -0.252 e. The lowest BCUT2D eigenvalue weighted by molar-refractivity contribution is 0.536. The molecule has 110 valence electrons. The second kappa shape index (κ2) is 6.02. The highest BCUT2D eigenvalue weighted by molar-refractivity contribution is 7.91. The van der Waals surface area contributed by atoms with Crippen molar-refractivity contribution in [3.63, 3.8) is 0 Å². The van der Waals surface area contributed by atoms with E-state index in [0.717, 1.165) is 11.3 Å². The van der Waals surface area contributed by atoms with Gasteiger partial charge in [0.25, 0.3) is 0 Å². The third kappa shape index (κ3) is 4.10. The first-order valence-electron chi connectivity index (χ1n) is 6.14. The van der Waals surface area contributed by atoms with Gasteiger partial charge in [-0.1, -0.05) is 39.3 Å². The largest absolute Gasteiger partial charge is 0.252 e. The van der Waals surface area contributed by atoms with Crippen molar-refractivity contribution in [2.75, 3.05) is 11.5 Å². The summed E-state index contributed by atoms with van der Waals surface area (Å²) in [7, 11) is -3.03. The van der Waals surface area contributed by atoms with Crippen LogP contribution in [0.3, 0.4) is 0 Å². The molecule has 0 radical (unpaired) electrons. The third-order valence-corrected chi connectivity index (χ3v) is 5.25. The smallest absolute Gasteiger partial charge is 0.151 e. The first-order chi connectivity index (χ1) is 8.62. The molecule has 0 fully saturated rings. The third-order valence-electron chi connectivity index (χ3n) is 2.88. The summed E-state index contributed by atoms with van der Waals surface area (Å²) in [6.45, 7) is 7.96. The Hall–Kier alpha value is -0.260. The number of aromatic nitrogens is 2. The van der Waals surface area contributed by atoms with Crippen LogP contribution in [-0.2, 0) is 27.7 Å². The quantitative estimate of drug-likeness (QED) is 0.781. The van der Waals surface area contributed by atoms with Crippen LogP contribution in [0.1, 0.15) is 39.0 Å². The highest BCUT2D eigenvalue weighted by Gasteiger charge is 2.25. The summed E-state index contributed by atoms with van der Waals surface area (Å²) in [6, 6.07) is 0. The molecule has 1 heterocycles. The maximum Gasteiger partial charge on any atom is 0.151 e. The topological polar surface area (TPSA) is 52.0 Å². The zero-order chi connectivity index (χ0) is 14.8. The summed E-state index contributed by atoms with van der Waals surface area (Å²) >= 11 is 12.1. The van der Waals surface area contributed by atoms with Crippen LogP contribution in [0.4, 0.5) is 0 Å². The number of rotatable bonds is 5. The fourth-order valence-corrected chi connectivity index (χ4v) is 3.06. The average Bonchev–Trinajstić information content (AvgIpc) is 2.63. The lowest BCUT2D eigenvalue weighted by Crippen LogP contribution is -2.17. The van der Waals surface area contributed by atoms with Gasteiger partial charge in [-0.05, 0) is 0 Å². The van der Waals surface area contributed by atoms with Crippen molar-refractivity contribution in [2.24, 2.45) is 0 Å². The van der Waals surface area contributed by atoms with Crippen LogP contribution in [0, 0.1) is 0 Å². The fraction of sp³-hybridized carbons (Fsp3) is 0.750. The van der Waals surface area contributed by atoms with Crippen molar-refractivity contribution in [3.05, 3.63) is 16.4 Å². The Kier molecular flexibility index (Phi) is 5.32. The van der Waals surface area contributed by atoms with E-state index in [4.69, 9.17) is 23.2 Å². The van der Waals surface area contributed by atoms with Crippen molar-refractivity contribution >= 4 is 33.0 Å². The van der Waals surface area contributed by atoms with Crippen molar-refractivity contribution in [3.8, 4) is 0 Å². The fourth-order valence-electron chi connectivity index (χ4n) is 1.72. The predicted octanol–water partition coefficient (Wildman–Crippen LogP) is 3.01. The predicted molar refractivity (Wildman–Crippen MR) is 79.8 cm³/mol. The molecule has 0 atom stereocenters. The van der Waals surface area contributed by atoms with Crippen LogP contribution in [-0.4, -0.2) is 29.7 Å². The first kappa shape index (κ1) is 16.8. The average molecular weight is 327 g/mol. The van der Waals surface area contributed by atoms with Gasteiger partial charge in [0.1, 0.15) is 5.15 Å². The Morgan fingerprint density at radius 2 is 1.89 bits per heavy atom.